The van der Waals surface area contributed by atoms with Crippen molar-refractivity contribution in [1.29, 1.82) is 0 Å². The molecular weight excluding hydrogens is 292 g/mol. The average Bonchev–Trinajstić information content (AvgIpc) is 3.27. The fourth-order valence-corrected chi connectivity index (χ4v) is 2.39. The quantitative estimate of drug-likeness (QED) is 0.917. The van der Waals surface area contributed by atoms with Crippen molar-refractivity contribution in [2.24, 2.45) is 13.0 Å². The molecule has 1 fully saturated rings. The molecule has 0 spiro atoms. The number of rotatable bonds is 5. The summed E-state index contributed by atoms with van der Waals surface area (Å²) in [6, 6.07) is 1.32. The largest absolute Gasteiger partial charge is 0.342 e. The van der Waals surface area contributed by atoms with Crippen LogP contribution in [0.15, 0.2) is 24.7 Å². The van der Waals surface area contributed by atoms with E-state index in [1.54, 1.807) is 18.5 Å². The molecule has 2 aromatic heterocycles. The summed E-state index contributed by atoms with van der Waals surface area (Å²) in [6.07, 6.45) is 3.50. The van der Waals surface area contributed by atoms with Crippen LogP contribution in [0.1, 0.15) is 47.2 Å². The van der Waals surface area contributed by atoms with Crippen LogP contribution in [0.4, 0.5) is 8.78 Å². The Morgan fingerprint density at radius 1 is 1.36 bits per heavy atom. The summed E-state index contributed by atoms with van der Waals surface area (Å²) in [7, 11) is 1.39. The standard InChI is InChI=1S/C14H15F2N5O/c1-21-11(12(15)16)9(7-19-21)14(22)20-10(8-3-4-8)13-17-5-2-6-18-13/h2,5-8,10,12H,3-4H2,1H3,(H,20,22). The molecule has 0 radical (unpaired) electrons. The Bertz CT molecular complexity index is 669. The molecule has 3 rings (SSSR count). The van der Waals surface area contributed by atoms with Gasteiger partial charge in [0.05, 0.1) is 17.8 Å². The third-order valence-electron chi connectivity index (χ3n) is 3.68. The average molecular weight is 307 g/mol. The van der Waals surface area contributed by atoms with Gasteiger partial charge in [0.15, 0.2) is 5.82 Å². The van der Waals surface area contributed by atoms with Gasteiger partial charge in [-0.05, 0) is 24.8 Å². The Labute approximate surface area is 125 Å². The number of hydrogen-bond acceptors (Lipinski definition) is 4. The van der Waals surface area contributed by atoms with Crippen molar-refractivity contribution in [2.75, 3.05) is 0 Å². The predicted octanol–water partition coefficient (Wildman–Crippen LogP) is 2.03. The van der Waals surface area contributed by atoms with Crippen LogP contribution < -0.4 is 5.32 Å². The van der Waals surface area contributed by atoms with Crippen molar-refractivity contribution in [1.82, 2.24) is 25.1 Å². The molecule has 1 saturated carbocycles. The zero-order valence-corrected chi connectivity index (χ0v) is 11.9. The fraction of sp³-hybridized carbons (Fsp3) is 0.429. The Morgan fingerprint density at radius 2 is 2.05 bits per heavy atom. The third-order valence-corrected chi connectivity index (χ3v) is 3.68. The minimum absolute atomic E-state index is 0.112. The number of nitrogens with zero attached hydrogens (tertiary/aromatic N) is 4. The molecule has 1 amide bonds. The monoisotopic (exact) mass is 307 g/mol. The highest BCUT2D eigenvalue weighted by molar-refractivity contribution is 5.95. The van der Waals surface area contributed by atoms with Gasteiger partial charge in [0.1, 0.15) is 5.69 Å². The van der Waals surface area contributed by atoms with E-state index in [9.17, 15) is 13.6 Å². The number of halogens is 2. The molecule has 0 aliphatic heterocycles. The van der Waals surface area contributed by atoms with Gasteiger partial charge in [-0.2, -0.15) is 5.10 Å². The van der Waals surface area contributed by atoms with Gasteiger partial charge in [-0.1, -0.05) is 0 Å². The van der Waals surface area contributed by atoms with E-state index in [1.165, 1.54) is 7.05 Å². The second-order valence-corrected chi connectivity index (χ2v) is 5.26. The lowest BCUT2D eigenvalue weighted by Crippen LogP contribution is -2.31. The number of carbonyl (C=O) groups is 1. The Morgan fingerprint density at radius 3 is 2.64 bits per heavy atom. The number of carbonyl (C=O) groups excluding carboxylic acids is 1. The zero-order valence-electron chi connectivity index (χ0n) is 11.9. The second kappa shape index (κ2) is 5.78. The van der Waals surface area contributed by atoms with E-state index in [0.29, 0.717) is 5.82 Å². The maximum atomic E-state index is 13.0. The highest BCUT2D eigenvalue weighted by Crippen LogP contribution is 2.40. The molecule has 0 saturated heterocycles. The Balaban J connectivity index is 1.83. The van der Waals surface area contributed by atoms with Crippen LogP contribution >= 0.6 is 0 Å². The SMILES string of the molecule is Cn1ncc(C(=O)NC(c2ncccn2)C2CC2)c1C(F)F. The number of hydrogen-bond donors (Lipinski definition) is 1. The molecule has 8 heteroatoms. The first-order valence-corrected chi connectivity index (χ1v) is 6.95. The van der Waals surface area contributed by atoms with Crippen molar-refractivity contribution in [3.8, 4) is 0 Å². The minimum atomic E-state index is -2.76. The van der Waals surface area contributed by atoms with Crippen LogP contribution in [0.25, 0.3) is 0 Å². The summed E-state index contributed by atoms with van der Waals surface area (Å²) in [4.78, 5) is 20.7. The summed E-state index contributed by atoms with van der Waals surface area (Å²) in [5.41, 5.74) is -0.500. The molecular formula is C14H15F2N5O. The maximum Gasteiger partial charge on any atom is 0.280 e. The van der Waals surface area contributed by atoms with Crippen LogP contribution in [0.2, 0.25) is 0 Å². The van der Waals surface area contributed by atoms with Gasteiger partial charge < -0.3 is 5.32 Å². The second-order valence-electron chi connectivity index (χ2n) is 5.26. The molecule has 2 heterocycles. The van der Waals surface area contributed by atoms with Crippen molar-refractivity contribution >= 4 is 5.91 Å². The first kappa shape index (κ1) is 14.6. The Hall–Kier alpha value is -2.38. The van der Waals surface area contributed by atoms with Gasteiger partial charge in [-0.3, -0.25) is 9.48 Å². The van der Waals surface area contributed by atoms with E-state index in [2.05, 4.69) is 20.4 Å². The van der Waals surface area contributed by atoms with Crippen LogP contribution in [-0.4, -0.2) is 25.7 Å². The molecule has 2 aromatic rings. The van der Waals surface area contributed by atoms with Crippen LogP contribution in [0, 0.1) is 5.92 Å². The van der Waals surface area contributed by atoms with Gasteiger partial charge in [-0.25, -0.2) is 18.7 Å². The molecule has 1 atom stereocenters. The smallest absolute Gasteiger partial charge is 0.280 e. The summed E-state index contributed by atoms with van der Waals surface area (Å²) in [5.74, 6) is 0.173. The van der Waals surface area contributed by atoms with Crippen molar-refractivity contribution < 1.29 is 13.6 Å². The summed E-state index contributed by atoms with van der Waals surface area (Å²) < 4.78 is 27.1. The van der Waals surface area contributed by atoms with E-state index in [4.69, 9.17) is 0 Å². The van der Waals surface area contributed by atoms with Crippen LogP contribution in [0.5, 0.6) is 0 Å². The van der Waals surface area contributed by atoms with Gasteiger partial charge in [0.25, 0.3) is 12.3 Å². The van der Waals surface area contributed by atoms with Gasteiger partial charge in [0.2, 0.25) is 0 Å². The van der Waals surface area contributed by atoms with Crippen LogP contribution in [-0.2, 0) is 7.05 Å². The van der Waals surface area contributed by atoms with Crippen molar-refractivity contribution in [3.63, 3.8) is 0 Å². The normalized spacial score (nSPS) is 15.8. The van der Waals surface area contributed by atoms with Crippen molar-refractivity contribution in [3.05, 3.63) is 41.7 Å². The minimum Gasteiger partial charge on any atom is -0.342 e. The summed E-state index contributed by atoms with van der Waals surface area (Å²) in [5, 5.41) is 6.51. The molecule has 116 valence electrons. The lowest BCUT2D eigenvalue weighted by molar-refractivity contribution is 0.0913. The molecule has 1 N–H and O–H groups in total. The van der Waals surface area contributed by atoms with Gasteiger partial charge in [-0.15, -0.1) is 0 Å². The third kappa shape index (κ3) is 2.81. The molecule has 1 aliphatic carbocycles. The zero-order chi connectivity index (χ0) is 15.7. The lowest BCUT2D eigenvalue weighted by Gasteiger charge is -2.16. The summed E-state index contributed by atoms with van der Waals surface area (Å²) in [6.45, 7) is 0. The summed E-state index contributed by atoms with van der Waals surface area (Å²) >= 11 is 0. The van der Waals surface area contributed by atoms with Gasteiger partial charge in [0, 0.05) is 19.4 Å². The first-order valence-electron chi connectivity index (χ1n) is 6.95. The number of alkyl halides is 2. The molecule has 6 nitrogen and oxygen atoms in total. The number of aryl methyl sites for hydroxylation is 1. The molecule has 0 aromatic carbocycles. The molecule has 22 heavy (non-hydrogen) atoms. The lowest BCUT2D eigenvalue weighted by atomic mass is 10.1. The number of amides is 1. The maximum absolute atomic E-state index is 13.0. The van der Waals surface area contributed by atoms with E-state index in [0.717, 1.165) is 23.7 Å². The van der Waals surface area contributed by atoms with E-state index in [-0.39, 0.29) is 23.2 Å². The number of aromatic nitrogens is 4. The van der Waals surface area contributed by atoms with E-state index < -0.39 is 12.3 Å². The first-order chi connectivity index (χ1) is 10.6. The molecule has 1 aliphatic rings. The van der Waals surface area contributed by atoms with E-state index in [1.807, 2.05) is 0 Å². The van der Waals surface area contributed by atoms with Gasteiger partial charge >= 0.3 is 0 Å². The molecule has 0 bridgehead atoms. The fourth-order valence-electron chi connectivity index (χ4n) is 2.39. The van der Waals surface area contributed by atoms with Crippen LogP contribution in [0.3, 0.4) is 0 Å². The van der Waals surface area contributed by atoms with E-state index >= 15 is 0 Å². The topological polar surface area (TPSA) is 72.7 Å². The molecule has 1 unspecified atom stereocenters. The predicted molar refractivity (Wildman–Crippen MR) is 73.1 cm³/mol. The van der Waals surface area contributed by atoms with Crippen molar-refractivity contribution in [2.45, 2.75) is 25.3 Å². The Kier molecular flexibility index (Phi) is 3.82. The highest BCUT2D eigenvalue weighted by atomic mass is 19.3. The highest BCUT2D eigenvalue weighted by Gasteiger charge is 2.36. The number of nitrogens with one attached hydrogen (secondary N) is 1.